The van der Waals surface area contributed by atoms with Gasteiger partial charge in [-0.15, -0.1) is 0 Å². The molecule has 0 aromatic heterocycles. The predicted octanol–water partition coefficient (Wildman–Crippen LogP) is 2.40. The molecular formula is C10H16O. The summed E-state index contributed by atoms with van der Waals surface area (Å²) in [5, 5.41) is 0. The molecule has 2 rings (SSSR count). The maximum atomic E-state index is 11.5. The van der Waals surface area contributed by atoms with Crippen LogP contribution in [0.4, 0.5) is 0 Å². The summed E-state index contributed by atoms with van der Waals surface area (Å²) in [6, 6.07) is 0. The average Bonchev–Trinajstić information content (AvgIpc) is 2.39. The molecule has 1 heteroatoms. The minimum atomic E-state index is 0.0966. The molecule has 3 atom stereocenters. The Labute approximate surface area is 68.2 Å². The molecule has 0 N–H and O–H groups in total. The third-order valence-electron chi connectivity index (χ3n) is 3.84. The van der Waals surface area contributed by atoms with Gasteiger partial charge >= 0.3 is 0 Å². The van der Waals surface area contributed by atoms with Gasteiger partial charge in [0, 0.05) is 11.8 Å². The van der Waals surface area contributed by atoms with Crippen molar-refractivity contribution in [1.82, 2.24) is 0 Å². The summed E-state index contributed by atoms with van der Waals surface area (Å²) >= 11 is 0. The first-order chi connectivity index (χ1) is 5.16. The maximum Gasteiger partial charge on any atom is 0.139 e. The predicted molar refractivity (Wildman–Crippen MR) is 44.2 cm³/mol. The summed E-state index contributed by atoms with van der Waals surface area (Å²) in [5.41, 5.74) is 0.0966. The smallest absolute Gasteiger partial charge is 0.139 e. The molecule has 11 heavy (non-hydrogen) atoms. The first-order valence-corrected chi connectivity index (χ1v) is 4.70. The molecule has 0 aromatic rings. The number of fused-ring (bicyclic) bond motifs is 2. The molecule has 0 amide bonds. The Kier molecular flexibility index (Phi) is 1.39. The van der Waals surface area contributed by atoms with Crippen LogP contribution in [0.25, 0.3) is 0 Å². The van der Waals surface area contributed by atoms with Crippen molar-refractivity contribution in [3.8, 4) is 0 Å². The topological polar surface area (TPSA) is 17.1 Å². The number of ketones is 1. The summed E-state index contributed by atoms with van der Waals surface area (Å²) in [6.45, 7) is 4.39. The summed E-state index contributed by atoms with van der Waals surface area (Å²) in [6.07, 6.45) is 4.58. The van der Waals surface area contributed by atoms with Crippen LogP contribution in [0.1, 0.15) is 39.5 Å². The van der Waals surface area contributed by atoms with E-state index in [1.807, 2.05) is 0 Å². The molecule has 0 aliphatic heterocycles. The standard InChI is InChI=1S/C10H16O/c1-3-8-4-7-5-9(11)10(8,2)6-7/h7-8H,3-6H2,1-2H3. The van der Waals surface area contributed by atoms with Crippen LogP contribution < -0.4 is 0 Å². The number of carbonyl (C=O) groups excluding carboxylic acids is 1. The summed E-state index contributed by atoms with van der Waals surface area (Å²) in [5.74, 6) is 1.99. The number of Topliss-reactive ketones (excluding diaryl/α,β-unsaturated/α-hetero) is 1. The van der Waals surface area contributed by atoms with Gasteiger partial charge in [0.15, 0.2) is 0 Å². The SMILES string of the molecule is CCC1CC2CC(=O)C1(C)C2. The largest absolute Gasteiger partial charge is 0.299 e. The Balaban J connectivity index is 2.27. The van der Waals surface area contributed by atoms with Gasteiger partial charge in [0.2, 0.25) is 0 Å². The van der Waals surface area contributed by atoms with Crippen molar-refractivity contribution in [3.63, 3.8) is 0 Å². The van der Waals surface area contributed by atoms with E-state index in [4.69, 9.17) is 0 Å². The zero-order chi connectivity index (χ0) is 8.06. The van der Waals surface area contributed by atoms with E-state index in [-0.39, 0.29) is 5.41 Å². The Hall–Kier alpha value is -0.330. The fourth-order valence-corrected chi connectivity index (χ4v) is 3.12. The fraction of sp³-hybridized carbons (Fsp3) is 0.900. The second-order valence-corrected chi connectivity index (χ2v) is 4.46. The maximum absolute atomic E-state index is 11.5. The zero-order valence-electron chi connectivity index (χ0n) is 7.39. The molecule has 2 bridgehead atoms. The van der Waals surface area contributed by atoms with E-state index in [1.165, 1.54) is 19.3 Å². The Morgan fingerprint density at radius 3 is 2.73 bits per heavy atom. The van der Waals surface area contributed by atoms with Crippen LogP contribution in [0.2, 0.25) is 0 Å². The lowest BCUT2D eigenvalue weighted by atomic mass is 9.74. The molecular weight excluding hydrogens is 136 g/mol. The second-order valence-electron chi connectivity index (χ2n) is 4.46. The Bertz CT molecular complexity index is 197. The molecule has 0 radical (unpaired) electrons. The lowest BCUT2D eigenvalue weighted by Gasteiger charge is -2.28. The molecule has 2 aliphatic rings. The molecule has 0 saturated heterocycles. The number of hydrogen-bond donors (Lipinski definition) is 0. The zero-order valence-corrected chi connectivity index (χ0v) is 7.39. The van der Waals surface area contributed by atoms with E-state index in [9.17, 15) is 4.79 Å². The van der Waals surface area contributed by atoms with Crippen molar-refractivity contribution in [1.29, 1.82) is 0 Å². The third-order valence-corrected chi connectivity index (χ3v) is 3.84. The van der Waals surface area contributed by atoms with Gasteiger partial charge in [-0.2, -0.15) is 0 Å². The average molecular weight is 152 g/mol. The first-order valence-electron chi connectivity index (χ1n) is 4.70. The Morgan fingerprint density at radius 2 is 2.36 bits per heavy atom. The fourth-order valence-electron chi connectivity index (χ4n) is 3.12. The molecule has 2 aliphatic carbocycles. The number of carbonyl (C=O) groups is 1. The molecule has 2 fully saturated rings. The highest BCUT2D eigenvalue weighted by Gasteiger charge is 2.53. The van der Waals surface area contributed by atoms with Gasteiger partial charge < -0.3 is 0 Å². The lowest BCUT2D eigenvalue weighted by molar-refractivity contribution is -0.128. The minimum Gasteiger partial charge on any atom is -0.299 e. The van der Waals surface area contributed by atoms with Crippen molar-refractivity contribution in [2.45, 2.75) is 39.5 Å². The quantitative estimate of drug-likeness (QED) is 0.564. The summed E-state index contributed by atoms with van der Waals surface area (Å²) in [4.78, 5) is 11.5. The van der Waals surface area contributed by atoms with E-state index >= 15 is 0 Å². The molecule has 0 heterocycles. The van der Waals surface area contributed by atoms with E-state index < -0.39 is 0 Å². The van der Waals surface area contributed by atoms with Gasteiger partial charge in [0.1, 0.15) is 5.78 Å². The Morgan fingerprint density at radius 1 is 1.64 bits per heavy atom. The van der Waals surface area contributed by atoms with E-state index in [0.29, 0.717) is 11.7 Å². The van der Waals surface area contributed by atoms with Gasteiger partial charge in [0.25, 0.3) is 0 Å². The number of rotatable bonds is 1. The van der Waals surface area contributed by atoms with Gasteiger partial charge in [0.05, 0.1) is 0 Å². The molecule has 1 nitrogen and oxygen atoms in total. The van der Waals surface area contributed by atoms with E-state index in [1.54, 1.807) is 0 Å². The van der Waals surface area contributed by atoms with Crippen LogP contribution in [-0.2, 0) is 4.79 Å². The van der Waals surface area contributed by atoms with E-state index in [0.717, 1.165) is 12.3 Å². The third kappa shape index (κ3) is 0.800. The van der Waals surface area contributed by atoms with Crippen LogP contribution in [0.3, 0.4) is 0 Å². The second kappa shape index (κ2) is 2.09. The van der Waals surface area contributed by atoms with Crippen molar-refractivity contribution in [2.24, 2.45) is 17.3 Å². The molecule has 3 unspecified atom stereocenters. The molecule has 0 spiro atoms. The van der Waals surface area contributed by atoms with Crippen LogP contribution in [0.15, 0.2) is 0 Å². The molecule has 62 valence electrons. The highest BCUT2D eigenvalue weighted by molar-refractivity contribution is 5.88. The van der Waals surface area contributed by atoms with Gasteiger partial charge in [-0.3, -0.25) is 4.79 Å². The van der Waals surface area contributed by atoms with Crippen LogP contribution in [0.5, 0.6) is 0 Å². The normalized spacial score (nSPS) is 48.7. The van der Waals surface area contributed by atoms with E-state index in [2.05, 4.69) is 13.8 Å². The van der Waals surface area contributed by atoms with Crippen molar-refractivity contribution >= 4 is 5.78 Å². The van der Waals surface area contributed by atoms with Crippen molar-refractivity contribution < 1.29 is 4.79 Å². The van der Waals surface area contributed by atoms with Crippen molar-refractivity contribution in [2.75, 3.05) is 0 Å². The van der Waals surface area contributed by atoms with Crippen LogP contribution in [-0.4, -0.2) is 5.78 Å². The minimum absolute atomic E-state index is 0.0966. The highest BCUT2D eigenvalue weighted by Crippen LogP contribution is 2.56. The van der Waals surface area contributed by atoms with Crippen LogP contribution >= 0.6 is 0 Å². The van der Waals surface area contributed by atoms with Crippen LogP contribution in [0, 0.1) is 17.3 Å². The summed E-state index contributed by atoms with van der Waals surface area (Å²) in [7, 11) is 0. The molecule has 0 aromatic carbocycles. The highest BCUT2D eigenvalue weighted by atomic mass is 16.1. The van der Waals surface area contributed by atoms with Gasteiger partial charge in [-0.25, -0.2) is 0 Å². The molecule has 2 saturated carbocycles. The number of hydrogen-bond acceptors (Lipinski definition) is 1. The monoisotopic (exact) mass is 152 g/mol. The van der Waals surface area contributed by atoms with Crippen molar-refractivity contribution in [3.05, 3.63) is 0 Å². The van der Waals surface area contributed by atoms with Gasteiger partial charge in [-0.1, -0.05) is 20.3 Å². The van der Waals surface area contributed by atoms with Gasteiger partial charge in [-0.05, 0) is 24.7 Å². The summed E-state index contributed by atoms with van der Waals surface area (Å²) < 4.78 is 0. The first kappa shape index (κ1) is 7.33. The lowest BCUT2D eigenvalue weighted by Crippen LogP contribution is -2.30.